The first-order chi connectivity index (χ1) is 16.8. The number of carbonyl (C=O) groups is 3. The molecule has 3 fully saturated rings. The van der Waals surface area contributed by atoms with Crippen LogP contribution < -0.4 is 20.5 Å². The first-order valence-electron chi connectivity index (χ1n) is 11.3. The Morgan fingerprint density at radius 1 is 1.14 bits per heavy atom. The summed E-state index contributed by atoms with van der Waals surface area (Å²) in [6, 6.07) is 4.17. The Bertz CT molecular complexity index is 948. The monoisotopic (exact) mass is 500 g/mol. The van der Waals surface area contributed by atoms with Gasteiger partial charge in [-0.05, 0) is 18.2 Å². The van der Waals surface area contributed by atoms with Crippen molar-refractivity contribution in [2.75, 3.05) is 75.4 Å². The Hall–Kier alpha value is -3.26. The minimum Gasteiger partial charge on any atom is -0.442 e. The van der Waals surface area contributed by atoms with Gasteiger partial charge in [-0.3, -0.25) is 14.7 Å². The van der Waals surface area contributed by atoms with Gasteiger partial charge < -0.3 is 24.6 Å². The second-order valence-electron chi connectivity index (χ2n) is 8.23. The molecule has 1 aromatic carbocycles. The van der Waals surface area contributed by atoms with Crippen molar-refractivity contribution >= 4 is 29.4 Å². The molecule has 3 saturated heterocycles. The summed E-state index contributed by atoms with van der Waals surface area (Å²) in [6.45, 7) is 3.39. The van der Waals surface area contributed by atoms with E-state index < -0.39 is 30.3 Å². The number of hydrazine groups is 1. The van der Waals surface area contributed by atoms with Crippen molar-refractivity contribution in [2.45, 2.75) is 12.5 Å². The molecule has 0 unspecified atom stereocenters. The summed E-state index contributed by atoms with van der Waals surface area (Å²) in [5.74, 6) is -2.01. The number of hydrogen-bond donors (Lipinski definition) is 2. The highest BCUT2D eigenvalue weighted by atomic mass is 19.3. The molecular formula is C21H27F3N6O5. The van der Waals surface area contributed by atoms with E-state index in [-0.39, 0.29) is 24.8 Å². The molecule has 14 heteroatoms. The Morgan fingerprint density at radius 3 is 2.63 bits per heavy atom. The highest BCUT2D eigenvalue weighted by Crippen LogP contribution is 2.28. The number of rotatable bonds is 5. The molecular weight excluding hydrogens is 473 g/mol. The van der Waals surface area contributed by atoms with Crippen LogP contribution in [-0.2, 0) is 14.3 Å². The smallest absolute Gasteiger partial charge is 0.414 e. The molecule has 4 amide bonds. The average Bonchev–Trinajstić information content (AvgIpc) is 3.06. The van der Waals surface area contributed by atoms with Crippen LogP contribution in [-0.4, -0.2) is 106 Å². The molecule has 0 bridgehead atoms. The standard InChI is InChI=1S/C21H27F3N6O5/c22-16-11-14(29-13-15(35-21(29)33)12-25-19(31)18(23)24)1-2-17(16)27-4-3-26-30(6-5-27)20(32)28-7-9-34-10-8-28/h1-2,11,15,18,26H,3-10,12-13H2,(H,25,31)/t15-/m0/s1. The van der Waals surface area contributed by atoms with E-state index >= 15 is 4.39 Å². The normalized spacial score (nSPS) is 21.3. The lowest BCUT2D eigenvalue weighted by molar-refractivity contribution is -0.132. The van der Waals surface area contributed by atoms with Gasteiger partial charge in [-0.25, -0.2) is 19.4 Å². The van der Waals surface area contributed by atoms with Crippen molar-refractivity contribution in [1.29, 1.82) is 0 Å². The lowest BCUT2D eigenvalue weighted by atomic mass is 10.2. The van der Waals surface area contributed by atoms with E-state index in [9.17, 15) is 23.2 Å². The van der Waals surface area contributed by atoms with Gasteiger partial charge in [-0.15, -0.1) is 0 Å². The van der Waals surface area contributed by atoms with Crippen molar-refractivity contribution in [1.82, 2.24) is 20.7 Å². The van der Waals surface area contributed by atoms with Gasteiger partial charge in [0.25, 0.3) is 5.91 Å². The molecule has 192 valence electrons. The quantitative estimate of drug-likeness (QED) is 0.610. The van der Waals surface area contributed by atoms with Gasteiger partial charge in [0, 0.05) is 32.7 Å². The fraction of sp³-hybridized carbons (Fsp3) is 0.571. The van der Waals surface area contributed by atoms with Crippen molar-refractivity contribution in [3.63, 3.8) is 0 Å². The Kier molecular flexibility index (Phi) is 7.80. The number of carbonyl (C=O) groups excluding carboxylic acids is 3. The number of hydrogen-bond acceptors (Lipinski definition) is 7. The van der Waals surface area contributed by atoms with Crippen LogP contribution in [0.1, 0.15) is 0 Å². The number of cyclic esters (lactones) is 1. The number of nitrogens with zero attached hydrogens (tertiary/aromatic N) is 4. The summed E-state index contributed by atoms with van der Waals surface area (Å²) in [6.07, 6.45) is -4.76. The second-order valence-corrected chi connectivity index (χ2v) is 8.23. The summed E-state index contributed by atoms with van der Waals surface area (Å²) in [5.41, 5.74) is 3.65. The Labute approximate surface area is 199 Å². The van der Waals surface area contributed by atoms with Gasteiger partial charge in [-0.2, -0.15) is 8.78 Å². The molecule has 3 heterocycles. The molecule has 11 nitrogen and oxygen atoms in total. The molecule has 35 heavy (non-hydrogen) atoms. The van der Waals surface area contributed by atoms with Gasteiger partial charge in [0.05, 0.1) is 44.2 Å². The summed E-state index contributed by atoms with van der Waals surface area (Å²) >= 11 is 0. The van der Waals surface area contributed by atoms with Crippen LogP contribution >= 0.6 is 0 Å². The molecule has 0 radical (unpaired) electrons. The fourth-order valence-electron chi connectivity index (χ4n) is 4.11. The molecule has 1 atom stereocenters. The van der Waals surface area contributed by atoms with E-state index in [1.54, 1.807) is 17.0 Å². The number of ether oxygens (including phenoxy) is 2. The first kappa shape index (κ1) is 24.9. The SMILES string of the molecule is O=C(NC[C@H]1CN(c2ccc(N3CCNN(C(=O)N4CCOCC4)CC3)c(F)c2)C(=O)O1)C(F)F. The van der Waals surface area contributed by atoms with E-state index in [2.05, 4.69) is 5.43 Å². The second kappa shape index (κ2) is 11.0. The van der Waals surface area contributed by atoms with Gasteiger partial charge in [-0.1, -0.05) is 0 Å². The minimum absolute atomic E-state index is 0.0205. The fourth-order valence-corrected chi connectivity index (χ4v) is 4.11. The molecule has 1 aromatic rings. The van der Waals surface area contributed by atoms with Crippen LogP contribution in [0.15, 0.2) is 18.2 Å². The summed E-state index contributed by atoms with van der Waals surface area (Å²) in [7, 11) is 0. The Morgan fingerprint density at radius 2 is 1.91 bits per heavy atom. The highest BCUT2D eigenvalue weighted by Gasteiger charge is 2.34. The van der Waals surface area contributed by atoms with Crippen molar-refractivity contribution in [2.24, 2.45) is 0 Å². The zero-order valence-electron chi connectivity index (χ0n) is 18.9. The van der Waals surface area contributed by atoms with E-state index in [4.69, 9.17) is 9.47 Å². The van der Waals surface area contributed by atoms with Gasteiger partial charge in [0.2, 0.25) is 0 Å². The predicted molar refractivity (Wildman–Crippen MR) is 118 cm³/mol. The third-order valence-electron chi connectivity index (χ3n) is 5.95. The van der Waals surface area contributed by atoms with Crippen LogP contribution in [0, 0.1) is 5.82 Å². The molecule has 0 spiro atoms. The third kappa shape index (κ3) is 5.88. The predicted octanol–water partition coefficient (Wildman–Crippen LogP) is 0.611. The van der Waals surface area contributed by atoms with Crippen LogP contribution in [0.3, 0.4) is 0 Å². The maximum absolute atomic E-state index is 15.1. The topological polar surface area (TPSA) is 107 Å². The zero-order valence-corrected chi connectivity index (χ0v) is 18.9. The van der Waals surface area contributed by atoms with E-state index in [0.717, 1.165) is 0 Å². The molecule has 3 aliphatic rings. The summed E-state index contributed by atoms with van der Waals surface area (Å²) < 4.78 is 50.1. The Balaban J connectivity index is 1.35. The largest absolute Gasteiger partial charge is 0.442 e. The van der Waals surface area contributed by atoms with Gasteiger partial charge in [0.15, 0.2) is 0 Å². The maximum atomic E-state index is 15.1. The molecule has 0 saturated carbocycles. The first-order valence-corrected chi connectivity index (χ1v) is 11.3. The van der Waals surface area contributed by atoms with Crippen LogP contribution in [0.5, 0.6) is 0 Å². The van der Waals surface area contributed by atoms with Gasteiger partial charge >= 0.3 is 18.5 Å². The zero-order chi connectivity index (χ0) is 24.9. The minimum atomic E-state index is -3.16. The lowest BCUT2D eigenvalue weighted by Crippen LogP contribution is -2.53. The number of nitrogens with one attached hydrogen (secondary N) is 2. The number of anilines is 2. The number of alkyl halides is 2. The third-order valence-corrected chi connectivity index (χ3v) is 5.95. The number of halogens is 3. The molecule has 3 aliphatic heterocycles. The van der Waals surface area contributed by atoms with Crippen LogP contribution in [0.2, 0.25) is 0 Å². The number of urea groups is 1. The lowest BCUT2D eigenvalue weighted by Gasteiger charge is -2.32. The summed E-state index contributed by atoms with van der Waals surface area (Å²) in [4.78, 5) is 40.6. The van der Waals surface area contributed by atoms with Crippen molar-refractivity contribution in [3.8, 4) is 0 Å². The van der Waals surface area contributed by atoms with Crippen LogP contribution in [0.25, 0.3) is 0 Å². The molecule has 2 N–H and O–H groups in total. The van der Waals surface area contributed by atoms with Gasteiger partial charge in [0.1, 0.15) is 11.9 Å². The average molecular weight is 500 g/mol. The maximum Gasteiger partial charge on any atom is 0.414 e. The van der Waals surface area contributed by atoms with E-state index in [1.807, 2.05) is 10.2 Å². The molecule has 0 aromatic heterocycles. The number of amides is 4. The molecule has 0 aliphatic carbocycles. The van der Waals surface area contributed by atoms with E-state index in [1.165, 1.54) is 16.0 Å². The number of benzene rings is 1. The highest BCUT2D eigenvalue weighted by molar-refractivity contribution is 5.90. The summed E-state index contributed by atoms with van der Waals surface area (Å²) in [5, 5.41) is 3.53. The van der Waals surface area contributed by atoms with Crippen molar-refractivity contribution < 1.29 is 37.0 Å². The number of morpholine rings is 1. The van der Waals surface area contributed by atoms with Crippen LogP contribution in [0.4, 0.5) is 34.1 Å². The van der Waals surface area contributed by atoms with Crippen molar-refractivity contribution in [3.05, 3.63) is 24.0 Å². The van der Waals surface area contributed by atoms with E-state index in [0.29, 0.717) is 58.2 Å². The molecule has 4 rings (SSSR count).